The van der Waals surface area contributed by atoms with Crippen LogP contribution in [0.15, 0.2) is 24.3 Å². The number of hydrogen-bond donors (Lipinski definition) is 1. The highest BCUT2D eigenvalue weighted by molar-refractivity contribution is 5.69. The van der Waals surface area contributed by atoms with Crippen molar-refractivity contribution in [2.24, 2.45) is 0 Å². The summed E-state index contributed by atoms with van der Waals surface area (Å²) in [4.78, 5) is 9.59. The number of nitrogens with one attached hydrogen (secondary N) is 1. The van der Waals surface area contributed by atoms with Gasteiger partial charge in [-0.05, 0) is 12.2 Å². The molecule has 0 aromatic rings. The predicted octanol–water partition coefficient (Wildman–Crippen LogP) is 0.947. The van der Waals surface area contributed by atoms with Crippen LogP contribution in [0.4, 0.5) is 0 Å². The Balaban J connectivity index is 3.41. The van der Waals surface area contributed by atoms with Gasteiger partial charge in [-0.3, -0.25) is 4.79 Å². The van der Waals surface area contributed by atoms with Crippen LogP contribution in [0.2, 0.25) is 0 Å². The van der Waals surface area contributed by atoms with Crippen LogP contribution in [0.3, 0.4) is 0 Å². The lowest BCUT2D eigenvalue weighted by Gasteiger charge is -1.64. The van der Waals surface area contributed by atoms with Crippen molar-refractivity contribution in [1.82, 2.24) is 0 Å². The van der Waals surface area contributed by atoms with E-state index in [1.54, 1.807) is 12.2 Å². The minimum absolute atomic E-state index is 0.689. The van der Waals surface area contributed by atoms with Crippen LogP contribution in [-0.4, -0.2) is 12.5 Å². The highest BCUT2D eigenvalue weighted by Gasteiger charge is 1.58. The molecule has 0 unspecified atom stereocenters. The predicted molar refractivity (Wildman–Crippen MR) is 33.1 cm³/mol. The summed E-state index contributed by atoms with van der Waals surface area (Å²) in [5.41, 5.74) is 0. The van der Waals surface area contributed by atoms with E-state index in [-0.39, 0.29) is 0 Å². The van der Waals surface area contributed by atoms with Crippen LogP contribution in [0.1, 0.15) is 0 Å². The molecule has 0 heterocycles. The maximum Gasteiger partial charge on any atom is 0.142 e. The molecule has 0 aliphatic carbocycles. The number of carbonyl (C=O) groups is 1. The molecular weight excluding hydrogens is 102 g/mol. The Morgan fingerprint density at radius 3 is 2.12 bits per heavy atom. The summed E-state index contributed by atoms with van der Waals surface area (Å²) in [5.74, 6) is 0. The van der Waals surface area contributed by atoms with Gasteiger partial charge in [0.25, 0.3) is 0 Å². The van der Waals surface area contributed by atoms with Gasteiger partial charge in [0.1, 0.15) is 6.29 Å². The Morgan fingerprint density at radius 1 is 1.00 bits per heavy atom. The Labute approximate surface area is 48.0 Å². The highest BCUT2D eigenvalue weighted by Crippen LogP contribution is 1.69. The molecule has 0 aromatic carbocycles. The Kier molecular flexibility index (Phi) is 4.96. The Hall–Kier alpha value is -1.18. The topological polar surface area (TPSA) is 40.9 Å². The van der Waals surface area contributed by atoms with Gasteiger partial charge >= 0.3 is 0 Å². The van der Waals surface area contributed by atoms with Gasteiger partial charge in [0.15, 0.2) is 0 Å². The first-order valence-corrected chi connectivity index (χ1v) is 2.19. The van der Waals surface area contributed by atoms with E-state index in [4.69, 9.17) is 5.41 Å². The van der Waals surface area contributed by atoms with E-state index in [9.17, 15) is 4.79 Å². The maximum atomic E-state index is 9.59. The zero-order valence-corrected chi connectivity index (χ0v) is 4.37. The van der Waals surface area contributed by atoms with Gasteiger partial charge < -0.3 is 5.41 Å². The van der Waals surface area contributed by atoms with E-state index in [1.165, 1.54) is 12.2 Å². The van der Waals surface area contributed by atoms with Crippen molar-refractivity contribution in [1.29, 1.82) is 5.41 Å². The van der Waals surface area contributed by atoms with Crippen molar-refractivity contribution in [3.05, 3.63) is 24.3 Å². The zero-order chi connectivity index (χ0) is 6.24. The molecule has 0 aromatic heterocycles. The molecule has 0 aliphatic heterocycles. The molecule has 0 spiro atoms. The molecule has 0 fully saturated rings. The number of allylic oxidation sites excluding steroid dienone is 4. The van der Waals surface area contributed by atoms with Crippen molar-refractivity contribution >= 4 is 12.5 Å². The van der Waals surface area contributed by atoms with Crippen LogP contribution in [0.5, 0.6) is 0 Å². The lowest BCUT2D eigenvalue weighted by atomic mass is 10.4. The van der Waals surface area contributed by atoms with Crippen LogP contribution in [0.25, 0.3) is 0 Å². The van der Waals surface area contributed by atoms with E-state index < -0.39 is 0 Å². The second-order valence-corrected chi connectivity index (χ2v) is 1.07. The van der Waals surface area contributed by atoms with Gasteiger partial charge in [-0.1, -0.05) is 12.2 Å². The van der Waals surface area contributed by atoms with E-state index in [0.29, 0.717) is 6.29 Å². The normalized spacial score (nSPS) is 10.5. The SMILES string of the molecule is N=C/C=C\C=C\C=O. The largest absolute Gasteiger partial charge is 0.309 e. The molecule has 0 bridgehead atoms. The van der Waals surface area contributed by atoms with Crippen molar-refractivity contribution in [3.63, 3.8) is 0 Å². The van der Waals surface area contributed by atoms with Crippen LogP contribution in [0, 0.1) is 5.41 Å². The van der Waals surface area contributed by atoms with Crippen LogP contribution >= 0.6 is 0 Å². The monoisotopic (exact) mass is 109 g/mol. The number of hydrogen-bond acceptors (Lipinski definition) is 2. The first kappa shape index (κ1) is 6.82. The average Bonchev–Trinajstić information content (AvgIpc) is 1.81. The molecule has 2 nitrogen and oxygen atoms in total. The minimum atomic E-state index is 0.689. The molecule has 8 heavy (non-hydrogen) atoms. The molecule has 0 rings (SSSR count). The van der Waals surface area contributed by atoms with Gasteiger partial charge in [0.05, 0.1) is 0 Å². The summed E-state index contributed by atoms with van der Waals surface area (Å²) >= 11 is 0. The molecule has 0 saturated carbocycles. The molecule has 0 radical (unpaired) electrons. The first-order valence-electron chi connectivity index (χ1n) is 2.19. The van der Waals surface area contributed by atoms with E-state index in [2.05, 4.69) is 0 Å². The van der Waals surface area contributed by atoms with E-state index in [0.717, 1.165) is 6.21 Å². The highest BCUT2D eigenvalue weighted by atomic mass is 16.1. The molecule has 0 atom stereocenters. The first-order chi connectivity index (χ1) is 3.91. The van der Waals surface area contributed by atoms with Crippen LogP contribution < -0.4 is 0 Å². The fourth-order valence-electron chi connectivity index (χ4n) is 0.229. The number of carbonyl (C=O) groups excluding carboxylic acids is 1. The lowest BCUT2D eigenvalue weighted by molar-refractivity contribution is -0.104. The molecule has 1 N–H and O–H groups in total. The van der Waals surface area contributed by atoms with Crippen LogP contribution in [-0.2, 0) is 4.79 Å². The Bertz CT molecular complexity index is 108. The molecule has 42 valence electrons. The second kappa shape index (κ2) is 5.82. The minimum Gasteiger partial charge on any atom is -0.309 e. The van der Waals surface area contributed by atoms with Gasteiger partial charge in [-0.2, -0.15) is 0 Å². The molecule has 0 saturated heterocycles. The molecule has 0 aliphatic rings. The van der Waals surface area contributed by atoms with Gasteiger partial charge in [-0.15, -0.1) is 0 Å². The quantitative estimate of drug-likeness (QED) is 0.249. The van der Waals surface area contributed by atoms with E-state index in [1.807, 2.05) is 0 Å². The average molecular weight is 109 g/mol. The summed E-state index contributed by atoms with van der Waals surface area (Å²) in [5, 5.41) is 6.50. The van der Waals surface area contributed by atoms with Crippen molar-refractivity contribution in [2.45, 2.75) is 0 Å². The fourth-order valence-corrected chi connectivity index (χ4v) is 0.229. The standard InChI is InChI=1S/C6H7NO/c7-5-3-1-2-4-6-8/h1-7H/b3-1-,4-2+,7-5?. The maximum absolute atomic E-state index is 9.59. The smallest absolute Gasteiger partial charge is 0.142 e. The van der Waals surface area contributed by atoms with Gasteiger partial charge in [0.2, 0.25) is 0 Å². The summed E-state index contributed by atoms with van der Waals surface area (Å²) < 4.78 is 0. The van der Waals surface area contributed by atoms with E-state index >= 15 is 0 Å². The lowest BCUT2D eigenvalue weighted by Crippen LogP contribution is -1.57. The van der Waals surface area contributed by atoms with Crippen molar-refractivity contribution in [3.8, 4) is 0 Å². The fraction of sp³-hybridized carbons (Fsp3) is 0. The van der Waals surface area contributed by atoms with Crippen molar-refractivity contribution < 1.29 is 4.79 Å². The summed E-state index contributed by atoms with van der Waals surface area (Å²) in [6.45, 7) is 0. The summed E-state index contributed by atoms with van der Waals surface area (Å²) in [6.07, 6.45) is 7.91. The summed E-state index contributed by atoms with van der Waals surface area (Å²) in [6, 6.07) is 0. The third-order valence-corrected chi connectivity index (χ3v) is 0.508. The molecule has 0 amide bonds. The van der Waals surface area contributed by atoms with Crippen molar-refractivity contribution in [2.75, 3.05) is 0 Å². The molecule has 2 heteroatoms. The molecular formula is C6H7NO. The second-order valence-electron chi connectivity index (χ2n) is 1.07. The number of rotatable bonds is 3. The van der Waals surface area contributed by atoms with Gasteiger partial charge in [0, 0.05) is 6.21 Å². The number of aldehydes is 1. The third kappa shape index (κ3) is 4.82. The Morgan fingerprint density at radius 2 is 1.62 bits per heavy atom. The summed E-state index contributed by atoms with van der Waals surface area (Å²) in [7, 11) is 0. The zero-order valence-electron chi connectivity index (χ0n) is 4.37. The van der Waals surface area contributed by atoms with Gasteiger partial charge in [-0.25, -0.2) is 0 Å². The third-order valence-electron chi connectivity index (χ3n) is 0.508.